The largest absolute Gasteiger partial charge is 0.393 e. The van der Waals surface area contributed by atoms with E-state index in [9.17, 15) is 5.11 Å². The fourth-order valence-corrected chi connectivity index (χ4v) is 1.48. The number of aliphatic hydroxyl groups excluding tert-OH is 1. The van der Waals surface area contributed by atoms with Crippen molar-refractivity contribution in [3.63, 3.8) is 0 Å². The highest BCUT2D eigenvalue weighted by atomic mass is 16.3. The molecule has 80 valence electrons. The van der Waals surface area contributed by atoms with Crippen molar-refractivity contribution in [2.45, 2.75) is 52.3 Å². The van der Waals surface area contributed by atoms with Gasteiger partial charge in [0.05, 0.1) is 6.10 Å². The quantitative estimate of drug-likeness (QED) is 0.575. The van der Waals surface area contributed by atoms with Crippen LogP contribution in [-0.2, 0) is 0 Å². The van der Waals surface area contributed by atoms with E-state index in [-0.39, 0.29) is 6.10 Å². The molecule has 0 bridgehead atoms. The van der Waals surface area contributed by atoms with Crippen molar-refractivity contribution in [2.75, 3.05) is 6.54 Å². The van der Waals surface area contributed by atoms with Gasteiger partial charge in [0.2, 0.25) is 0 Å². The van der Waals surface area contributed by atoms with E-state index in [1.54, 1.807) is 0 Å². The molecule has 13 heavy (non-hydrogen) atoms. The average Bonchev–Trinajstić information content (AvgIpc) is 1.98. The molecular weight excluding hydrogens is 164 g/mol. The SMILES string of the molecule is CC(O)CC(C)NC(CN)C(C)C. The molecule has 3 unspecified atom stereocenters. The Labute approximate surface area is 81.7 Å². The predicted octanol–water partition coefficient (Wildman–Crippen LogP) is 0.719. The maximum absolute atomic E-state index is 9.18. The predicted molar refractivity (Wildman–Crippen MR) is 56.6 cm³/mol. The Balaban J connectivity index is 3.79. The van der Waals surface area contributed by atoms with Crippen molar-refractivity contribution in [3.8, 4) is 0 Å². The molecule has 0 aromatic rings. The zero-order valence-electron chi connectivity index (χ0n) is 9.25. The third kappa shape index (κ3) is 6.02. The second kappa shape index (κ2) is 6.35. The second-order valence-electron chi connectivity index (χ2n) is 4.24. The van der Waals surface area contributed by atoms with Crippen LogP contribution in [0.25, 0.3) is 0 Å². The van der Waals surface area contributed by atoms with Gasteiger partial charge in [-0.3, -0.25) is 0 Å². The maximum atomic E-state index is 9.18. The van der Waals surface area contributed by atoms with E-state index >= 15 is 0 Å². The molecule has 0 aliphatic heterocycles. The van der Waals surface area contributed by atoms with Gasteiger partial charge in [-0.05, 0) is 26.2 Å². The number of nitrogens with two attached hydrogens (primary N) is 1. The first kappa shape index (κ1) is 12.9. The van der Waals surface area contributed by atoms with Crippen LogP contribution in [0, 0.1) is 5.92 Å². The summed E-state index contributed by atoms with van der Waals surface area (Å²) in [7, 11) is 0. The Kier molecular flexibility index (Phi) is 6.29. The summed E-state index contributed by atoms with van der Waals surface area (Å²) in [5.74, 6) is 0.543. The van der Waals surface area contributed by atoms with Gasteiger partial charge in [0, 0.05) is 18.6 Å². The Morgan fingerprint density at radius 1 is 1.23 bits per heavy atom. The van der Waals surface area contributed by atoms with Gasteiger partial charge in [-0.25, -0.2) is 0 Å². The molecule has 0 spiro atoms. The summed E-state index contributed by atoms with van der Waals surface area (Å²) < 4.78 is 0. The Hall–Kier alpha value is -0.120. The molecule has 0 radical (unpaired) electrons. The summed E-state index contributed by atoms with van der Waals surface area (Å²) >= 11 is 0. The monoisotopic (exact) mass is 188 g/mol. The minimum absolute atomic E-state index is 0.243. The maximum Gasteiger partial charge on any atom is 0.0526 e. The summed E-state index contributed by atoms with van der Waals surface area (Å²) in [6.07, 6.45) is 0.538. The van der Waals surface area contributed by atoms with Gasteiger partial charge in [0.1, 0.15) is 0 Å². The fourth-order valence-electron chi connectivity index (χ4n) is 1.48. The van der Waals surface area contributed by atoms with E-state index in [4.69, 9.17) is 5.73 Å². The van der Waals surface area contributed by atoms with Crippen LogP contribution in [0.2, 0.25) is 0 Å². The molecule has 0 saturated heterocycles. The molecule has 0 aliphatic carbocycles. The van der Waals surface area contributed by atoms with Crippen LogP contribution in [0.3, 0.4) is 0 Å². The normalized spacial score (nSPS) is 18.7. The second-order valence-corrected chi connectivity index (χ2v) is 4.24. The van der Waals surface area contributed by atoms with Crippen LogP contribution in [-0.4, -0.2) is 29.8 Å². The zero-order chi connectivity index (χ0) is 10.4. The Bertz CT molecular complexity index is 126. The molecule has 0 aromatic heterocycles. The smallest absolute Gasteiger partial charge is 0.0526 e. The van der Waals surface area contributed by atoms with Crippen LogP contribution in [0.15, 0.2) is 0 Å². The van der Waals surface area contributed by atoms with Crippen molar-refractivity contribution in [3.05, 3.63) is 0 Å². The number of aliphatic hydroxyl groups is 1. The first-order chi connectivity index (χ1) is 5.97. The van der Waals surface area contributed by atoms with Crippen LogP contribution >= 0.6 is 0 Å². The molecule has 0 rings (SSSR count). The van der Waals surface area contributed by atoms with Gasteiger partial charge < -0.3 is 16.2 Å². The van der Waals surface area contributed by atoms with Gasteiger partial charge in [-0.2, -0.15) is 0 Å². The zero-order valence-corrected chi connectivity index (χ0v) is 9.25. The highest BCUT2D eigenvalue weighted by Gasteiger charge is 2.14. The minimum Gasteiger partial charge on any atom is -0.393 e. The van der Waals surface area contributed by atoms with E-state index < -0.39 is 0 Å². The first-order valence-corrected chi connectivity index (χ1v) is 5.11. The van der Waals surface area contributed by atoms with Crippen LogP contribution < -0.4 is 11.1 Å². The fraction of sp³-hybridized carbons (Fsp3) is 1.00. The van der Waals surface area contributed by atoms with E-state index in [0.717, 1.165) is 6.42 Å². The highest BCUT2D eigenvalue weighted by molar-refractivity contribution is 4.75. The first-order valence-electron chi connectivity index (χ1n) is 5.11. The standard InChI is InChI=1S/C10H24N2O/c1-7(2)10(6-11)12-8(3)5-9(4)13/h7-10,12-13H,5-6,11H2,1-4H3. The third-order valence-electron chi connectivity index (χ3n) is 2.25. The van der Waals surface area contributed by atoms with Gasteiger partial charge >= 0.3 is 0 Å². The minimum atomic E-state index is -0.243. The summed E-state index contributed by atoms with van der Waals surface area (Å²) in [5, 5.41) is 12.6. The molecule has 0 amide bonds. The van der Waals surface area contributed by atoms with Gasteiger partial charge in [-0.15, -0.1) is 0 Å². The lowest BCUT2D eigenvalue weighted by Crippen LogP contribution is -2.45. The van der Waals surface area contributed by atoms with E-state index in [0.29, 0.717) is 24.5 Å². The van der Waals surface area contributed by atoms with Crippen molar-refractivity contribution in [2.24, 2.45) is 11.7 Å². The molecule has 0 aromatic carbocycles. The molecule has 0 saturated carbocycles. The summed E-state index contributed by atoms with van der Waals surface area (Å²) in [6.45, 7) is 8.85. The summed E-state index contributed by atoms with van der Waals surface area (Å²) in [4.78, 5) is 0. The average molecular weight is 188 g/mol. The van der Waals surface area contributed by atoms with Gasteiger partial charge in [0.25, 0.3) is 0 Å². The van der Waals surface area contributed by atoms with Gasteiger partial charge in [0.15, 0.2) is 0 Å². The van der Waals surface area contributed by atoms with Crippen molar-refractivity contribution >= 4 is 0 Å². The molecule has 0 heterocycles. The summed E-state index contributed by atoms with van der Waals surface area (Å²) in [6, 6.07) is 0.685. The third-order valence-corrected chi connectivity index (χ3v) is 2.25. The van der Waals surface area contributed by atoms with Crippen molar-refractivity contribution in [1.29, 1.82) is 0 Å². The molecule has 3 nitrogen and oxygen atoms in total. The lowest BCUT2D eigenvalue weighted by molar-refractivity contribution is 0.165. The van der Waals surface area contributed by atoms with Crippen molar-refractivity contribution in [1.82, 2.24) is 5.32 Å². The lowest BCUT2D eigenvalue weighted by Gasteiger charge is -2.25. The lowest BCUT2D eigenvalue weighted by atomic mass is 10.0. The number of hydrogen-bond acceptors (Lipinski definition) is 3. The number of rotatable bonds is 6. The van der Waals surface area contributed by atoms with Gasteiger partial charge in [-0.1, -0.05) is 13.8 Å². The molecule has 3 atom stereocenters. The van der Waals surface area contributed by atoms with E-state index in [2.05, 4.69) is 26.1 Å². The Morgan fingerprint density at radius 2 is 1.77 bits per heavy atom. The summed E-state index contributed by atoms with van der Waals surface area (Å²) in [5.41, 5.74) is 5.63. The highest BCUT2D eigenvalue weighted by Crippen LogP contribution is 2.04. The molecule has 0 aliphatic rings. The number of nitrogens with one attached hydrogen (secondary N) is 1. The van der Waals surface area contributed by atoms with Crippen LogP contribution in [0.1, 0.15) is 34.1 Å². The van der Waals surface area contributed by atoms with Crippen molar-refractivity contribution < 1.29 is 5.11 Å². The van der Waals surface area contributed by atoms with E-state index in [1.165, 1.54) is 0 Å². The molecule has 4 N–H and O–H groups in total. The van der Waals surface area contributed by atoms with E-state index in [1.807, 2.05) is 6.92 Å². The molecule has 3 heteroatoms. The molecular formula is C10H24N2O. The van der Waals surface area contributed by atoms with Crippen LogP contribution in [0.4, 0.5) is 0 Å². The van der Waals surface area contributed by atoms with Crippen LogP contribution in [0.5, 0.6) is 0 Å². The Morgan fingerprint density at radius 3 is 2.08 bits per heavy atom. The number of hydrogen-bond donors (Lipinski definition) is 3. The molecule has 0 fully saturated rings. The topological polar surface area (TPSA) is 58.3 Å².